The van der Waals surface area contributed by atoms with Crippen LogP contribution >= 0.6 is 0 Å². The number of likely N-dealkylation sites (tertiary alicyclic amines) is 1. The molecule has 1 aromatic carbocycles. The minimum Gasteiger partial charge on any atom is -0.504 e. The summed E-state index contributed by atoms with van der Waals surface area (Å²) in [5.74, 6) is -0.0434. The van der Waals surface area contributed by atoms with Crippen molar-refractivity contribution in [1.29, 1.82) is 0 Å². The summed E-state index contributed by atoms with van der Waals surface area (Å²) in [5, 5.41) is 18.9. The summed E-state index contributed by atoms with van der Waals surface area (Å²) in [5.41, 5.74) is 1.11. The van der Waals surface area contributed by atoms with E-state index in [1.807, 2.05) is 6.07 Å². The van der Waals surface area contributed by atoms with Crippen molar-refractivity contribution in [1.82, 2.24) is 4.90 Å². The van der Waals surface area contributed by atoms with Crippen molar-refractivity contribution in [2.45, 2.75) is 45.1 Å². The molecule has 18 heavy (non-hydrogen) atoms. The molecule has 1 fully saturated rings. The molecule has 0 spiro atoms. The van der Waals surface area contributed by atoms with Gasteiger partial charge in [0, 0.05) is 6.04 Å². The number of aromatic hydroxyl groups is 2. The van der Waals surface area contributed by atoms with Crippen LogP contribution < -0.4 is 0 Å². The zero-order chi connectivity index (χ0) is 13.0. The molecule has 1 aromatic rings. The lowest BCUT2D eigenvalue weighted by Gasteiger charge is -2.35. The van der Waals surface area contributed by atoms with Gasteiger partial charge in [0.05, 0.1) is 0 Å². The van der Waals surface area contributed by atoms with Crippen LogP contribution in [0.25, 0.3) is 0 Å². The van der Waals surface area contributed by atoms with Crippen LogP contribution in [-0.4, -0.2) is 34.2 Å². The third kappa shape index (κ3) is 3.16. The van der Waals surface area contributed by atoms with Crippen LogP contribution in [0.3, 0.4) is 0 Å². The van der Waals surface area contributed by atoms with E-state index in [1.165, 1.54) is 32.2 Å². The summed E-state index contributed by atoms with van der Waals surface area (Å²) in [6.07, 6.45) is 6.00. The summed E-state index contributed by atoms with van der Waals surface area (Å²) >= 11 is 0. The Bertz CT molecular complexity index is 390. The van der Waals surface area contributed by atoms with Gasteiger partial charge >= 0.3 is 0 Å². The van der Waals surface area contributed by atoms with Gasteiger partial charge in [0.15, 0.2) is 11.5 Å². The van der Waals surface area contributed by atoms with Gasteiger partial charge in [0.1, 0.15) is 0 Å². The Hall–Kier alpha value is -1.22. The highest BCUT2D eigenvalue weighted by atomic mass is 16.3. The number of benzene rings is 1. The topological polar surface area (TPSA) is 43.7 Å². The van der Waals surface area contributed by atoms with Gasteiger partial charge in [-0.3, -0.25) is 0 Å². The molecule has 1 heterocycles. The van der Waals surface area contributed by atoms with Gasteiger partial charge in [0.2, 0.25) is 0 Å². The Morgan fingerprint density at radius 3 is 2.78 bits per heavy atom. The number of nitrogens with zero attached hydrogens (tertiary/aromatic N) is 1. The van der Waals surface area contributed by atoms with Gasteiger partial charge in [-0.2, -0.15) is 0 Å². The van der Waals surface area contributed by atoms with E-state index in [-0.39, 0.29) is 11.5 Å². The van der Waals surface area contributed by atoms with E-state index in [1.54, 1.807) is 12.1 Å². The van der Waals surface area contributed by atoms with E-state index >= 15 is 0 Å². The van der Waals surface area contributed by atoms with Gasteiger partial charge < -0.3 is 15.1 Å². The Balaban J connectivity index is 2.03. The number of phenols is 2. The number of phenolic OH excluding ortho intramolecular Hbond substituents is 2. The van der Waals surface area contributed by atoms with Crippen molar-refractivity contribution in [3.63, 3.8) is 0 Å². The molecule has 3 heteroatoms. The monoisotopic (exact) mass is 249 g/mol. The first-order valence-corrected chi connectivity index (χ1v) is 6.95. The molecule has 2 N–H and O–H groups in total. The average Bonchev–Trinajstić information content (AvgIpc) is 2.37. The lowest BCUT2D eigenvalue weighted by molar-refractivity contribution is 0.147. The second-order valence-electron chi connectivity index (χ2n) is 5.21. The number of piperidine rings is 1. The van der Waals surface area contributed by atoms with Crippen molar-refractivity contribution in [3.05, 3.63) is 23.8 Å². The van der Waals surface area contributed by atoms with Crippen molar-refractivity contribution in [2.24, 2.45) is 0 Å². The molecule has 1 unspecified atom stereocenters. The van der Waals surface area contributed by atoms with Gasteiger partial charge in [-0.05, 0) is 56.5 Å². The quantitative estimate of drug-likeness (QED) is 0.806. The molecule has 1 atom stereocenters. The molecule has 0 aromatic heterocycles. The van der Waals surface area contributed by atoms with Crippen molar-refractivity contribution in [3.8, 4) is 11.5 Å². The Morgan fingerprint density at radius 2 is 2.06 bits per heavy atom. The maximum Gasteiger partial charge on any atom is 0.157 e. The highest BCUT2D eigenvalue weighted by Crippen LogP contribution is 2.27. The van der Waals surface area contributed by atoms with Crippen molar-refractivity contribution in [2.75, 3.05) is 13.1 Å². The first-order valence-electron chi connectivity index (χ1n) is 6.95. The normalized spacial score (nSPS) is 21.1. The highest BCUT2D eigenvalue weighted by Gasteiger charge is 2.21. The summed E-state index contributed by atoms with van der Waals surface area (Å²) in [6, 6.07) is 5.77. The molecule has 2 rings (SSSR count). The van der Waals surface area contributed by atoms with Crippen LogP contribution in [0.2, 0.25) is 0 Å². The third-order valence-corrected chi connectivity index (χ3v) is 3.77. The Morgan fingerprint density at radius 1 is 1.22 bits per heavy atom. The molecular formula is C15H23NO2. The van der Waals surface area contributed by atoms with Crippen LogP contribution in [0.1, 0.15) is 38.2 Å². The summed E-state index contributed by atoms with van der Waals surface area (Å²) in [7, 11) is 0. The lowest BCUT2D eigenvalue weighted by atomic mass is 9.95. The fourth-order valence-corrected chi connectivity index (χ4v) is 2.84. The van der Waals surface area contributed by atoms with Gasteiger partial charge in [0.25, 0.3) is 0 Å². The summed E-state index contributed by atoms with van der Waals surface area (Å²) in [4.78, 5) is 2.56. The first kappa shape index (κ1) is 13.2. The molecule has 0 aliphatic carbocycles. The van der Waals surface area contributed by atoms with Crippen molar-refractivity contribution >= 4 is 0 Å². The molecule has 0 radical (unpaired) electrons. The molecule has 1 aliphatic heterocycles. The second-order valence-corrected chi connectivity index (χ2v) is 5.21. The molecule has 0 bridgehead atoms. The van der Waals surface area contributed by atoms with E-state index in [9.17, 15) is 10.2 Å². The van der Waals surface area contributed by atoms with E-state index in [0.29, 0.717) is 6.04 Å². The van der Waals surface area contributed by atoms with Crippen LogP contribution in [0, 0.1) is 0 Å². The standard InChI is InChI=1S/C15H23NO2/c1-2-8-16-9-4-3-5-13(16)10-12-6-7-14(17)15(18)11-12/h6-7,11,13,17-18H,2-5,8-10H2,1H3. The maximum atomic E-state index is 9.54. The summed E-state index contributed by atoms with van der Waals surface area (Å²) < 4.78 is 0. The van der Waals surface area contributed by atoms with Gasteiger partial charge in [-0.25, -0.2) is 0 Å². The van der Waals surface area contributed by atoms with Crippen LogP contribution in [0.4, 0.5) is 0 Å². The number of hydrogen-bond donors (Lipinski definition) is 2. The third-order valence-electron chi connectivity index (χ3n) is 3.77. The van der Waals surface area contributed by atoms with E-state index in [2.05, 4.69) is 11.8 Å². The molecule has 3 nitrogen and oxygen atoms in total. The molecule has 1 aliphatic rings. The number of hydrogen-bond acceptors (Lipinski definition) is 3. The fourth-order valence-electron chi connectivity index (χ4n) is 2.84. The average molecular weight is 249 g/mol. The van der Waals surface area contributed by atoms with Gasteiger partial charge in [-0.1, -0.05) is 19.4 Å². The molecular weight excluding hydrogens is 226 g/mol. The molecule has 0 saturated carbocycles. The van der Waals surface area contributed by atoms with E-state index in [0.717, 1.165) is 18.5 Å². The van der Waals surface area contributed by atoms with Gasteiger partial charge in [-0.15, -0.1) is 0 Å². The number of rotatable bonds is 4. The predicted octanol–water partition coefficient (Wildman–Crippen LogP) is 2.90. The Labute approximate surface area is 109 Å². The SMILES string of the molecule is CCCN1CCCCC1Cc1ccc(O)c(O)c1. The maximum absolute atomic E-state index is 9.54. The first-order chi connectivity index (χ1) is 8.70. The minimum absolute atomic E-state index is 0.00893. The highest BCUT2D eigenvalue weighted by molar-refractivity contribution is 5.40. The van der Waals surface area contributed by atoms with Crippen LogP contribution in [0.15, 0.2) is 18.2 Å². The predicted molar refractivity (Wildman–Crippen MR) is 73.0 cm³/mol. The summed E-state index contributed by atoms with van der Waals surface area (Å²) in [6.45, 7) is 4.58. The smallest absolute Gasteiger partial charge is 0.157 e. The second kappa shape index (κ2) is 6.10. The van der Waals surface area contributed by atoms with E-state index in [4.69, 9.17) is 0 Å². The lowest BCUT2D eigenvalue weighted by Crippen LogP contribution is -2.41. The van der Waals surface area contributed by atoms with E-state index < -0.39 is 0 Å². The molecule has 1 saturated heterocycles. The van der Waals surface area contributed by atoms with Crippen molar-refractivity contribution < 1.29 is 10.2 Å². The van der Waals surface area contributed by atoms with Crippen LogP contribution in [-0.2, 0) is 6.42 Å². The molecule has 100 valence electrons. The zero-order valence-corrected chi connectivity index (χ0v) is 11.1. The minimum atomic E-state index is -0.0344. The van der Waals surface area contributed by atoms with Crippen LogP contribution in [0.5, 0.6) is 11.5 Å². The molecule has 0 amide bonds. The fraction of sp³-hybridized carbons (Fsp3) is 0.600. The zero-order valence-electron chi connectivity index (χ0n) is 11.1. The largest absolute Gasteiger partial charge is 0.504 e. The Kier molecular flexibility index (Phi) is 4.48.